The summed E-state index contributed by atoms with van der Waals surface area (Å²) in [6.07, 6.45) is 6.54. The van der Waals surface area contributed by atoms with Gasteiger partial charge in [-0.3, -0.25) is 4.79 Å². The third kappa shape index (κ3) is 5.55. The van der Waals surface area contributed by atoms with Crippen molar-refractivity contribution in [1.29, 1.82) is 0 Å². The molecule has 3 rings (SSSR count). The van der Waals surface area contributed by atoms with Crippen LogP contribution in [0.2, 0.25) is 0 Å². The zero-order valence-corrected chi connectivity index (χ0v) is 16.3. The van der Waals surface area contributed by atoms with E-state index in [1.165, 1.54) is 12.8 Å². The van der Waals surface area contributed by atoms with Gasteiger partial charge in [0.25, 0.3) is 5.91 Å². The van der Waals surface area contributed by atoms with E-state index in [-0.39, 0.29) is 16.9 Å². The standard InChI is InChI=1S/C20H29NO4S/c1-15(25-13-16-10-11-16)20(22)21-18-7-5-6-17(12-18)14-26(23,24)19-8-3-2-4-9-19/h5-7,12,15-16,19H,2-4,8-11,13-14H2,1H3,(H,21,22). The van der Waals surface area contributed by atoms with E-state index in [0.717, 1.165) is 37.7 Å². The van der Waals surface area contributed by atoms with E-state index >= 15 is 0 Å². The van der Waals surface area contributed by atoms with Crippen molar-refractivity contribution < 1.29 is 17.9 Å². The minimum absolute atomic E-state index is 0.0368. The molecule has 1 unspecified atom stereocenters. The van der Waals surface area contributed by atoms with Gasteiger partial charge in [-0.2, -0.15) is 0 Å². The smallest absolute Gasteiger partial charge is 0.253 e. The number of anilines is 1. The summed E-state index contributed by atoms with van der Waals surface area (Å²) in [6, 6.07) is 7.13. The Morgan fingerprint density at radius 3 is 2.62 bits per heavy atom. The van der Waals surface area contributed by atoms with Crippen LogP contribution in [0.5, 0.6) is 0 Å². The van der Waals surface area contributed by atoms with Gasteiger partial charge in [0.1, 0.15) is 6.10 Å². The molecule has 0 radical (unpaired) electrons. The van der Waals surface area contributed by atoms with Crippen LogP contribution in [0, 0.1) is 5.92 Å². The van der Waals surface area contributed by atoms with Gasteiger partial charge in [0.05, 0.1) is 17.6 Å². The molecule has 144 valence electrons. The predicted octanol–water partition coefficient (Wildman–Crippen LogP) is 3.69. The maximum absolute atomic E-state index is 12.6. The van der Waals surface area contributed by atoms with Crippen molar-refractivity contribution in [3.63, 3.8) is 0 Å². The maximum Gasteiger partial charge on any atom is 0.253 e. The lowest BCUT2D eigenvalue weighted by Crippen LogP contribution is -2.28. The SMILES string of the molecule is CC(OCC1CC1)C(=O)Nc1cccc(CS(=O)(=O)C2CCCCC2)c1. The molecule has 1 aromatic rings. The first-order valence-corrected chi connectivity index (χ1v) is 11.4. The monoisotopic (exact) mass is 379 g/mol. The summed E-state index contributed by atoms with van der Waals surface area (Å²) in [5.74, 6) is 0.450. The second-order valence-electron chi connectivity index (χ2n) is 7.68. The molecule has 1 aromatic carbocycles. The van der Waals surface area contributed by atoms with E-state index in [9.17, 15) is 13.2 Å². The van der Waals surface area contributed by atoms with Crippen LogP contribution in [-0.2, 0) is 25.1 Å². The zero-order valence-electron chi connectivity index (χ0n) is 15.4. The fourth-order valence-corrected chi connectivity index (χ4v) is 5.33. The molecule has 0 heterocycles. The Labute approximate surface area is 156 Å². The van der Waals surface area contributed by atoms with E-state index in [0.29, 0.717) is 18.2 Å². The van der Waals surface area contributed by atoms with Crippen LogP contribution in [0.15, 0.2) is 24.3 Å². The third-order valence-electron chi connectivity index (χ3n) is 5.27. The van der Waals surface area contributed by atoms with Gasteiger partial charge in [-0.25, -0.2) is 8.42 Å². The average Bonchev–Trinajstić information content (AvgIpc) is 3.45. The number of rotatable bonds is 8. The quantitative estimate of drug-likeness (QED) is 0.748. The molecular formula is C20H29NO4S. The predicted molar refractivity (Wildman–Crippen MR) is 103 cm³/mol. The number of nitrogens with one attached hydrogen (secondary N) is 1. The number of benzene rings is 1. The Bertz CT molecular complexity index is 721. The second-order valence-corrected chi connectivity index (χ2v) is 9.96. The highest BCUT2D eigenvalue weighted by Crippen LogP contribution is 2.29. The van der Waals surface area contributed by atoms with Crippen molar-refractivity contribution >= 4 is 21.4 Å². The summed E-state index contributed by atoms with van der Waals surface area (Å²) in [5.41, 5.74) is 1.34. The Morgan fingerprint density at radius 1 is 1.19 bits per heavy atom. The highest BCUT2D eigenvalue weighted by atomic mass is 32.2. The minimum Gasteiger partial charge on any atom is -0.368 e. The van der Waals surface area contributed by atoms with Gasteiger partial charge in [-0.15, -0.1) is 0 Å². The van der Waals surface area contributed by atoms with Crippen molar-refractivity contribution in [3.8, 4) is 0 Å². The van der Waals surface area contributed by atoms with Gasteiger partial charge in [0.2, 0.25) is 0 Å². The molecule has 0 aromatic heterocycles. The summed E-state index contributed by atoms with van der Waals surface area (Å²) in [5, 5.41) is 2.62. The molecule has 2 fully saturated rings. The molecule has 2 aliphatic rings. The number of hydrogen-bond acceptors (Lipinski definition) is 4. The molecule has 1 amide bonds. The van der Waals surface area contributed by atoms with Gasteiger partial charge in [-0.1, -0.05) is 31.4 Å². The number of sulfone groups is 1. The van der Waals surface area contributed by atoms with Crippen LogP contribution in [0.3, 0.4) is 0 Å². The average molecular weight is 380 g/mol. The third-order valence-corrected chi connectivity index (χ3v) is 7.49. The van der Waals surface area contributed by atoms with Crippen LogP contribution in [0.25, 0.3) is 0 Å². The van der Waals surface area contributed by atoms with E-state index in [2.05, 4.69) is 5.32 Å². The molecule has 6 heteroatoms. The van der Waals surface area contributed by atoms with Crippen molar-refractivity contribution in [2.75, 3.05) is 11.9 Å². The van der Waals surface area contributed by atoms with E-state index in [4.69, 9.17) is 4.74 Å². The van der Waals surface area contributed by atoms with Gasteiger partial charge in [0, 0.05) is 5.69 Å². The van der Waals surface area contributed by atoms with Gasteiger partial charge in [-0.05, 0) is 56.2 Å². The molecule has 1 atom stereocenters. The number of carbonyl (C=O) groups is 1. The number of hydrogen-bond donors (Lipinski definition) is 1. The molecule has 26 heavy (non-hydrogen) atoms. The Balaban J connectivity index is 1.57. The van der Waals surface area contributed by atoms with E-state index < -0.39 is 15.9 Å². The minimum atomic E-state index is -3.15. The Kier molecular flexibility index (Phi) is 6.35. The largest absolute Gasteiger partial charge is 0.368 e. The topological polar surface area (TPSA) is 72.5 Å². The van der Waals surface area contributed by atoms with Crippen molar-refractivity contribution in [2.24, 2.45) is 5.92 Å². The molecule has 0 aliphatic heterocycles. The molecule has 0 bridgehead atoms. The zero-order chi connectivity index (χ0) is 18.6. The van der Waals surface area contributed by atoms with Crippen molar-refractivity contribution in [3.05, 3.63) is 29.8 Å². The van der Waals surface area contributed by atoms with Crippen LogP contribution in [0.4, 0.5) is 5.69 Å². The fraction of sp³-hybridized carbons (Fsp3) is 0.650. The molecule has 0 saturated heterocycles. The lowest BCUT2D eigenvalue weighted by atomic mass is 10.0. The van der Waals surface area contributed by atoms with E-state index in [1.807, 2.05) is 6.07 Å². The highest BCUT2D eigenvalue weighted by molar-refractivity contribution is 7.91. The summed E-state index contributed by atoms with van der Waals surface area (Å²) in [4.78, 5) is 12.2. The van der Waals surface area contributed by atoms with Crippen molar-refractivity contribution in [1.82, 2.24) is 0 Å². The molecule has 0 spiro atoms. The summed E-state index contributed by atoms with van der Waals surface area (Å²) in [6.45, 7) is 2.38. The van der Waals surface area contributed by atoms with Crippen LogP contribution in [-0.4, -0.2) is 32.3 Å². The fourth-order valence-electron chi connectivity index (χ4n) is 3.40. The summed E-state index contributed by atoms with van der Waals surface area (Å²) < 4.78 is 30.9. The van der Waals surface area contributed by atoms with E-state index in [1.54, 1.807) is 25.1 Å². The molecule has 5 nitrogen and oxygen atoms in total. The summed E-state index contributed by atoms with van der Waals surface area (Å²) in [7, 11) is -3.15. The molecule has 2 saturated carbocycles. The lowest BCUT2D eigenvalue weighted by molar-refractivity contribution is -0.126. The van der Waals surface area contributed by atoms with Crippen LogP contribution >= 0.6 is 0 Å². The number of ether oxygens (including phenoxy) is 1. The Morgan fingerprint density at radius 2 is 1.92 bits per heavy atom. The normalized spacial score (nSPS) is 19.9. The van der Waals surface area contributed by atoms with Crippen molar-refractivity contribution in [2.45, 2.75) is 69.0 Å². The highest BCUT2D eigenvalue weighted by Gasteiger charge is 2.27. The number of amides is 1. The van der Waals surface area contributed by atoms with Crippen LogP contribution in [0.1, 0.15) is 57.4 Å². The van der Waals surface area contributed by atoms with Gasteiger partial charge < -0.3 is 10.1 Å². The Hall–Kier alpha value is -1.40. The second kappa shape index (κ2) is 8.53. The molecule has 1 N–H and O–H groups in total. The molecular weight excluding hydrogens is 350 g/mol. The first-order chi connectivity index (χ1) is 12.4. The van der Waals surface area contributed by atoms with Gasteiger partial charge in [0.15, 0.2) is 9.84 Å². The first-order valence-electron chi connectivity index (χ1n) is 9.67. The van der Waals surface area contributed by atoms with Crippen LogP contribution < -0.4 is 5.32 Å². The maximum atomic E-state index is 12.6. The first kappa shape index (κ1) is 19.4. The molecule has 2 aliphatic carbocycles. The summed E-state index contributed by atoms with van der Waals surface area (Å²) >= 11 is 0. The van der Waals surface area contributed by atoms with Gasteiger partial charge >= 0.3 is 0 Å². The number of carbonyl (C=O) groups excluding carboxylic acids is 1. The lowest BCUT2D eigenvalue weighted by Gasteiger charge is -2.22.